The number of rotatable bonds is 4. The van der Waals surface area contributed by atoms with E-state index in [-0.39, 0.29) is 0 Å². The molecule has 17 heavy (non-hydrogen) atoms. The van der Waals surface area contributed by atoms with E-state index in [2.05, 4.69) is 10.3 Å². The third kappa shape index (κ3) is 1.96. The number of carbonyl (C=O) groups is 1. The number of methoxy groups -OCH3 is 2. The van der Waals surface area contributed by atoms with Gasteiger partial charge in [0.05, 0.1) is 20.4 Å². The first-order chi connectivity index (χ1) is 8.30. The maximum Gasteiger partial charge on any atom is 0.170 e. The molecule has 0 unspecified atom stereocenters. The minimum absolute atomic E-state index is 0.355. The lowest BCUT2D eigenvalue weighted by atomic mass is 10.2. The lowest BCUT2D eigenvalue weighted by Crippen LogP contribution is -2.04. The normalized spacial score (nSPS) is 10.0. The molecule has 2 aromatic rings. The maximum absolute atomic E-state index is 10.8. The predicted molar refractivity (Wildman–Crippen MR) is 59.9 cm³/mol. The second-order valence-corrected chi connectivity index (χ2v) is 3.23. The van der Waals surface area contributed by atoms with E-state index in [9.17, 15) is 4.79 Å². The van der Waals surface area contributed by atoms with E-state index < -0.39 is 0 Å². The fourth-order valence-corrected chi connectivity index (χ4v) is 1.47. The van der Waals surface area contributed by atoms with Gasteiger partial charge in [0.1, 0.15) is 22.9 Å². The lowest BCUT2D eigenvalue weighted by molar-refractivity contribution is 0.111. The van der Waals surface area contributed by atoms with Gasteiger partial charge in [0.15, 0.2) is 6.29 Å². The summed E-state index contributed by atoms with van der Waals surface area (Å²) in [6, 6.07) is 5.22. The average molecular weight is 233 g/mol. The Kier molecular flexibility index (Phi) is 3.04. The molecule has 0 aliphatic heterocycles. The molecular formula is C11H11N3O3. The van der Waals surface area contributed by atoms with Crippen molar-refractivity contribution in [2.75, 3.05) is 14.2 Å². The van der Waals surface area contributed by atoms with Crippen LogP contribution in [-0.2, 0) is 0 Å². The molecule has 0 spiro atoms. The number of carbonyl (C=O) groups excluding carboxylic acids is 1. The van der Waals surface area contributed by atoms with Crippen LogP contribution in [0.3, 0.4) is 0 Å². The first kappa shape index (κ1) is 11.1. The standard InChI is InChI=1S/C11H11N3O3/c1-16-9-3-4-10(11(5-9)17-2)14-8(7-15)6-12-13-14/h3-7H,1-2H3. The van der Waals surface area contributed by atoms with Crippen molar-refractivity contribution in [3.63, 3.8) is 0 Å². The molecule has 88 valence electrons. The Hall–Kier alpha value is -2.37. The van der Waals surface area contributed by atoms with Crippen molar-refractivity contribution >= 4 is 6.29 Å². The summed E-state index contributed by atoms with van der Waals surface area (Å²) in [7, 11) is 3.11. The number of ether oxygens (including phenoxy) is 2. The van der Waals surface area contributed by atoms with Crippen LogP contribution in [0.15, 0.2) is 24.4 Å². The van der Waals surface area contributed by atoms with Gasteiger partial charge in [0.2, 0.25) is 0 Å². The largest absolute Gasteiger partial charge is 0.497 e. The molecule has 0 saturated carbocycles. The van der Waals surface area contributed by atoms with E-state index >= 15 is 0 Å². The molecule has 1 heterocycles. The van der Waals surface area contributed by atoms with Gasteiger partial charge in [-0.05, 0) is 12.1 Å². The fraction of sp³-hybridized carbons (Fsp3) is 0.182. The van der Waals surface area contributed by atoms with Crippen molar-refractivity contribution < 1.29 is 14.3 Å². The van der Waals surface area contributed by atoms with Crippen molar-refractivity contribution in [2.24, 2.45) is 0 Å². The van der Waals surface area contributed by atoms with Gasteiger partial charge >= 0.3 is 0 Å². The quantitative estimate of drug-likeness (QED) is 0.740. The van der Waals surface area contributed by atoms with Gasteiger partial charge in [-0.1, -0.05) is 5.21 Å². The van der Waals surface area contributed by atoms with E-state index in [1.54, 1.807) is 25.3 Å². The van der Waals surface area contributed by atoms with E-state index in [1.165, 1.54) is 18.0 Å². The number of benzene rings is 1. The van der Waals surface area contributed by atoms with Gasteiger partial charge in [-0.15, -0.1) is 5.10 Å². The molecule has 0 aliphatic carbocycles. The molecule has 2 rings (SSSR count). The molecule has 0 N–H and O–H groups in total. The van der Waals surface area contributed by atoms with Crippen LogP contribution in [-0.4, -0.2) is 35.5 Å². The first-order valence-corrected chi connectivity index (χ1v) is 4.88. The first-order valence-electron chi connectivity index (χ1n) is 4.88. The van der Waals surface area contributed by atoms with Crippen LogP contribution >= 0.6 is 0 Å². The van der Waals surface area contributed by atoms with Gasteiger partial charge in [0.25, 0.3) is 0 Å². The smallest absolute Gasteiger partial charge is 0.170 e. The molecule has 0 atom stereocenters. The monoisotopic (exact) mass is 233 g/mol. The summed E-state index contributed by atoms with van der Waals surface area (Å²) in [4.78, 5) is 10.8. The van der Waals surface area contributed by atoms with Crippen molar-refractivity contribution in [1.82, 2.24) is 15.0 Å². The second-order valence-electron chi connectivity index (χ2n) is 3.23. The van der Waals surface area contributed by atoms with Crippen LogP contribution in [0.25, 0.3) is 5.69 Å². The van der Waals surface area contributed by atoms with Crippen molar-refractivity contribution in [3.05, 3.63) is 30.1 Å². The molecule has 6 nitrogen and oxygen atoms in total. The Labute approximate surface area is 97.8 Å². The molecule has 0 fully saturated rings. The number of hydrogen-bond acceptors (Lipinski definition) is 5. The van der Waals surface area contributed by atoms with Gasteiger partial charge < -0.3 is 9.47 Å². The summed E-state index contributed by atoms with van der Waals surface area (Å²) < 4.78 is 11.7. The van der Waals surface area contributed by atoms with Crippen molar-refractivity contribution in [1.29, 1.82) is 0 Å². The second kappa shape index (κ2) is 4.65. The van der Waals surface area contributed by atoms with Crippen LogP contribution < -0.4 is 9.47 Å². The molecule has 0 bridgehead atoms. The number of aldehydes is 1. The van der Waals surface area contributed by atoms with Crippen LogP contribution in [0.1, 0.15) is 10.5 Å². The Morgan fingerprint density at radius 2 is 2.12 bits per heavy atom. The summed E-state index contributed by atoms with van der Waals surface area (Å²) in [5.74, 6) is 1.22. The van der Waals surface area contributed by atoms with Crippen LogP contribution in [0.4, 0.5) is 0 Å². The van der Waals surface area contributed by atoms with Gasteiger partial charge in [-0.2, -0.15) is 0 Å². The number of aromatic nitrogens is 3. The Balaban J connectivity index is 2.55. The highest BCUT2D eigenvalue weighted by Crippen LogP contribution is 2.27. The van der Waals surface area contributed by atoms with E-state index in [0.717, 1.165) is 0 Å². The zero-order valence-corrected chi connectivity index (χ0v) is 9.45. The highest BCUT2D eigenvalue weighted by atomic mass is 16.5. The average Bonchev–Trinajstić information content (AvgIpc) is 2.85. The van der Waals surface area contributed by atoms with Crippen LogP contribution in [0, 0.1) is 0 Å². The minimum Gasteiger partial charge on any atom is -0.497 e. The van der Waals surface area contributed by atoms with Crippen molar-refractivity contribution in [3.8, 4) is 17.2 Å². The van der Waals surface area contributed by atoms with Gasteiger partial charge in [0, 0.05) is 6.07 Å². The predicted octanol–water partition coefficient (Wildman–Crippen LogP) is 1.10. The summed E-state index contributed by atoms with van der Waals surface area (Å²) in [6.07, 6.45) is 2.07. The fourth-order valence-electron chi connectivity index (χ4n) is 1.47. The molecule has 1 aromatic heterocycles. The van der Waals surface area contributed by atoms with Crippen molar-refractivity contribution in [2.45, 2.75) is 0 Å². The third-order valence-corrected chi connectivity index (χ3v) is 2.31. The van der Waals surface area contributed by atoms with Crippen LogP contribution in [0.2, 0.25) is 0 Å². The highest BCUT2D eigenvalue weighted by molar-refractivity contribution is 5.73. The summed E-state index contributed by atoms with van der Waals surface area (Å²) in [5.41, 5.74) is 0.987. The zero-order chi connectivity index (χ0) is 12.3. The molecule has 0 aliphatic rings. The molecule has 0 saturated heterocycles. The lowest BCUT2D eigenvalue weighted by Gasteiger charge is -2.10. The number of hydrogen-bond donors (Lipinski definition) is 0. The maximum atomic E-state index is 10.8. The van der Waals surface area contributed by atoms with E-state index in [4.69, 9.17) is 9.47 Å². The minimum atomic E-state index is 0.355. The van der Waals surface area contributed by atoms with E-state index in [1.807, 2.05) is 0 Å². The summed E-state index contributed by atoms with van der Waals surface area (Å²) in [6.45, 7) is 0. The Morgan fingerprint density at radius 1 is 1.29 bits per heavy atom. The zero-order valence-electron chi connectivity index (χ0n) is 9.45. The molecule has 0 amide bonds. The molecule has 0 radical (unpaired) electrons. The third-order valence-electron chi connectivity index (χ3n) is 2.31. The number of nitrogens with zero attached hydrogens (tertiary/aromatic N) is 3. The summed E-state index contributed by atoms with van der Waals surface area (Å²) in [5, 5.41) is 7.52. The van der Waals surface area contributed by atoms with Crippen LogP contribution in [0.5, 0.6) is 11.5 Å². The van der Waals surface area contributed by atoms with Gasteiger partial charge in [-0.3, -0.25) is 4.79 Å². The van der Waals surface area contributed by atoms with E-state index in [0.29, 0.717) is 29.2 Å². The molecule has 6 heteroatoms. The summed E-state index contributed by atoms with van der Waals surface area (Å²) >= 11 is 0. The molecule has 1 aromatic carbocycles. The SMILES string of the molecule is COc1ccc(-n2nncc2C=O)c(OC)c1. The Morgan fingerprint density at radius 3 is 2.76 bits per heavy atom. The Bertz CT molecular complexity index is 537. The van der Waals surface area contributed by atoms with Gasteiger partial charge in [-0.25, -0.2) is 4.68 Å². The topological polar surface area (TPSA) is 66.2 Å². The highest BCUT2D eigenvalue weighted by Gasteiger charge is 2.11. The molecular weight excluding hydrogens is 222 g/mol.